The van der Waals surface area contributed by atoms with Crippen molar-refractivity contribution in [3.05, 3.63) is 63.5 Å². The van der Waals surface area contributed by atoms with Gasteiger partial charge in [-0.3, -0.25) is 19.9 Å². The van der Waals surface area contributed by atoms with Crippen molar-refractivity contribution in [2.45, 2.75) is 12.8 Å². The summed E-state index contributed by atoms with van der Waals surface area (Å²) in [5.41, 5.74) is 0.981. The molecular formula is C20H18BrN5O3. The van der Waals surface area contributed by atoms with Crippen molar-refractivity contribution in [1.82, 2.24) is 9.97 Å². The highest BCUT2D eigenvalue weighted by molar-refractivity contribution is 9.10. The van der Waals surface area contributed by atoms with E-state index in [9.17, 15) is 14.9 Å². The van der Waals surface area contributed by atoms with Crippen molar-refractivity contribution in [3.8, 4) is 0 Å². The van der Waals surface area contributed by atoms with E-state index >= 15 is 0 Å². The number of nitrogens with zero attached hydrogens (tertiary/aromatic N) is 4. The predicted octanol–water partition coefficient (Wildman–Crippen LogP) is 4.16. The Labute approximate surface area is 175 Å². The number of nitrogens with one attached hydrogen (secondary N) is 1. The number of halogens is 1. The van der Waals surface area contributed by atoms with Crippen LogP contribution in [-0.4, -0.2) is 33.9 Å². The third-order valence-corrected chi connectivity index (χ3v) is 5.62. The number of carbonyl (C=O) groups is 1. The first kappa shape index (κ1) is 19.3. The fraction of sp³-hybridized carbons (Fsp3) is 0.250. The number of carbonyl (C=O) groups excluding carboxylic acids is 1. The third kappa shape index (κ3) is 4.04. The molecule has 2 aromatic heterocycles. The van der Waals surface area contributed by atoms with Crippen LogP contribution in [0.25, 0.3) is 10.8 Å². The van der Waals surface area contributed by atoms with E-state index in [2.05, 4.69) is 36.1 Å². The summed E-state index contributed by atoms with van der Waals surface area (Å²) in [6.45, 7) is 1.39. The summed E-state index contributed by atoms with van der Waals surface area (Å²) >= 11 is 3.32. The maximum absolute atomic E-state index is 12.6. The Morgan fingerprint density at radius 3 is 2.62 bits per heavy atom. The van der Waals surface area contributed by atoms with Gasteiger partial charge in [-0.25, -0.2) is 4.98 Å². The lowest BCUT2D eigenvalue weighted by molar-refractivity contribution is -0.383. The van der Waals surface area contributed by atoms with Gasteiger partial charge in [-0.1, -0.05) is 0 Å². The van der Waals surface area contributed by atoms with Gasteiger partial charge < -0.3 is 10.2 Å². The molecule has 29 heavy (non-hydrogen) atoms. The van der Waals surface area contributed by atoms with E-state index in [0.29, 0.717) is 37.1 Å². The minimum atomic E-state index is -0.388. The molecule has 0 unspecified atom stereocenters. The number of non-ortho nitro benzene ring substituents is 1. The van der Waals surface area contributed by atoms with Crippen molar-refractivity contribution < 1.29 is 9.72 Å². The van der Waals surface area contributed by atoms with Gasteiger partial charge in [0.15, 0.2) is 0 Å². The van der Waals surface area contributed by atoms with Gasteiger partial charge in [0.2, 0.25) is 5.91 Å². The van der Waals surface area contributed by atoms with Crippen molar-refractivity contribution in [2.24, 2.45) is 5.92 Å². The molecule has 0 radical (unpaired) electrons. The molecular weight excluding hydrogens is 438 g/mol. The van der Waals surface area contributed by atoms with E-state index in [1.165, 1.54) is 12.3 Å². The van der Waals surface area contributed by atoms with Crippen LogP contribution >= 0.6 is 15.9 Å². The standard InChI is InChI=1S/C20H18BrN5O3/c21-14-1-4-19(23-11-14)24-20(27)13-6-9-25(10-7-13)17-2-3-18(26(28)29)16-12-22-8-5-15(16)17/h1-5,8,11-13H,6-7,9-10H2,(H,23,24,27). The van der Waals surface area contributed by atoms with E-state index in [1.54, 1.807) is 30.6 Å². The molecule has 0 spiro atoms. The second-order valence-corrected chi connectivity index (χ2v) is 7.81. The average Bonchev–Trinajstić information content (AvgIpc) is 2.74. The first-order valence-corrected chi connectivity index (χ1v) is 10.0. The van der Waals surface area contributed by atoms with Gasteiger partial charge in [0.25, 0.3) is 5.69 Å². The average molecular weight is 456 g/mol. The number of hydrogen-bond donors (Lipinski definition) is 1. The summed E-state index contributed by atoms with van der Waals surface area (Å²) in [5.74, 6) is 0.411. The van der Waals surface area contributed by atoms with E-state index < -0.39 is 0 Å². The lowest BCUT2D eigenvalue weighted by atomic mass is 9.95. The van der Waals surface area contributed by atoms with Crippen LogP contribution in [0, 0.1) is 16.0 Å². The lowest BCUT2D eigenvalue weighted by Gasteiger charge is -2.33. The number of fused-ring (bicyclic) bond motifs is 1. The van der Waals surface area contributed by atoms with Crippen LogP contribution in [0.5, 0.6) is 0 Å². The highest BCUT2D eigenvalue weighted by Crippen LogP contribution is 2.35. The molecule has 0 atom stereocenters. The number of hydrogen-bond acceptors (Lipinski definition) is 6. The molecule has 1 saturated heterocycles. The first-order chi connectivity index (χ1) is 14.0. The molecule has 1 aromatic carbocycles. The maximum atomic E-state index is 12.6. The molecule has 3 aromatic rings. The summed E-state index contributed by atoms with van der Waals surface area (Å²) < 4.78 is 0.856. The van der Waals surface area contributed by atoms with E-state index in [4.69, 9.17) is 0 Å². The summed E-state index contributed by atoms with van der Waals surface area (Å²) in [6.07, 6.45) is 6.22. The van der Waals surface area contributed by atoms with Gasteiger partial charge in [0.1, 0.15) is 5.82 Å². The molecule has 1 N–H and O–H groups in total. The van der Waals surface area contributed by atoms with Crippen LogP contribution < -0.4 is 10.2 Å². The highest BCUT2D eigenvalue weighted by atomic mass is 79.9. The zero-order chi connectivity index (χ0) is 20.4. The molecule has 0 aliphatic carbocycles. The number of aromatic nitrogens is 2. The zero-order valence-electron chi connectivity index (χ0n) is 15.4. The number of anilines is 2. The fourth-order valence-corrected chi connectivity index (χ4v) is 3.89. The second kappa shape index (κ2) is 8.12. The van der Waals surface area contributed by atoms with Crippen LogP contribution in [0.1, 0.15) is 12.8 Å². The van der Waals surface area contributed by atoms with Crippen LogP contribution in [-0.2, 0) is 4.79 Å². The largest absolute Gasteiger partial charge is 0.371 e. The second-order valence-electron chi connectivity index (χ2n) is 6.89. The molecule has 9 heteroatoms. The lowest BCUT2D eigenvalue weighted by Crippen LogP contribution is -2.38. The van der Waals surface area contributed by atoms with Crippen LogP contribution in [0.15, 0.2) is 53.4 Å². The Morgan fingerprint density at radius 1 is 1.14 bits per heavy atom. The summed E-state index contributed by atoms with van der Waals surface area (Å²) in [5, 5.41) is 15.5. The molecule has 8 nitrogen and oxygen atoms in total. The van der Waals surface area contributed by atoms with Crippen LogP contribution in [0.2, 0.25) is 0 Å². The molecule has 1 fully saturated rings. The number of amides is 1. The normalized spacial score (nSPS) is 14.7. The fourth-order valence-electron chi connectivity index (χ4n) is 3.65. The Balaban J connectivity index is 1.47. The molecule has 1 aliphatic heterocycles. The van der Waals surface area contributed by atoms with Gasteiger partial charge in [0, 0.05) is 59.2 Å². The highest BCUT2D eigenvalue weighted by Gasteiger charge is 2.27. The van der Waals surface area contributed by atoms with Crippen molar-refractivity contribution >= 4 is 49.8 Å². The number of rotatable bonds is 4. The van der Waals surface area contributed by atoms with Crippen LogP contribution in [0.4, 0.5) is 17.2 Å². The Hall–Kier alpha value is -3.07. The van der Waals surface area contributed by atoms with Gasteiger partial charge in [0.05, 0.1) is 10.3 Å². The SMILES string of the molecule is O=C(Nc1ccc(Br)cn1)C1CCN(c2ccc([N+](=O)[O-])c3cnccc23)CC1. The van der Waals surface area contributed by atoms with Crippen molar-refractivity contribution in [2.75, 3.05) is 23.3 Å². The van der Waals surface area contributed by atoms with Gasteiger partial charge in [-0.2, -0.15) is 0 Å². The number of nitro groups is 1. The van der Waals surface area contributed by atoms with E-state index in [0.717, 1.165) is 15.5 Å². The molecule has 1 aliphatic rings. The van der Waals surface area contributed by atoms with E-state index in [1.807, 2.05) is 6.07 Å². The van der Waals surface area contributed by atoms with Gasteiger partial charge in [-0.15, -0.1) is 0 Å². The molecule has 4 rings (SSSR count). The number of pyridine rings is 2. The van der Waals surface area contributed by atoms with Gasteiger partial charge >= 0.3 is 0 Å². The van der Waals surface area contributed by atoms with Gasteiger partial charge in [-0.05, 0) is 53.0 Å². The first-order valence-electron chi connectivity index (χ1n) is 9.21. The molecule has 148 valence electrons. The molecule has 0 bridgehead atoms. The molecule has 3 heterocycles. The topological polar surface area (TPSA) is 101 Å². The number of piperidine rings is 1. The molecule has 1 amide bonds. The minimum absolute atomic E-state index is 0.0303. The maximum Gasteiger partial charge on any atom is 0.278 e. The summed E-state index contributed by atoms with van der Waals surface area (Å²) in [6, 6.07) is 8.70. The Morgan fingerprint density at radius 2 is 1.93 bits per heavy atom. The zero-order valence-corrected chi connectivity index (χ0v) is 17.0. The summed E-state index contributed by atoms with van der Waals surface area (Å²) in [4.78, 5) is 33.9. The smallest absolute Gasteiger partial charge is 0.278 e. The quantitative estimate of drug-likeness (QED) is 0.468. The predicted molar refractivity (Wildman–Crippen MR) is 114 cm³/mol. The molecule has 0 saturated carbocycles. The number of nitro benzene ring substituents is 1. The Kier molecular flexibility index (Phi) is 5.39. The van der Waals surface area contributed by atoms with Crippen LogP contribution in [0.3, 0.4) is 0 Å². The Bertz CT molecular complexity index is 1070. The van der Waals surface area contributed by atoms with Crippen molar-refractivity contribution in [3.63, 3.8) is 0 Å². The number of benzene rings is 1. The minimum Gasteiger partial charge on any atom is -0.371 e. The summed E-state index contributed by atoms with van der Waals surface area (Å²) in [7, 11) is 0. The monoisotopic (exact) mass is 455 g/mol. The third-order valence-electron chi connectivity index (χ3n) is 5.15. The van der Waals surface area contributed by atoms with Crippen molar-refractivity contribution in [1.29, 1.82) is 0 Å². The van der Waals surface area contributed by atoms with E-state index in [-0.39, 0.29) is 22.4 Å².